The summed E-state index contributed by atoms with van der Waals surface area (Å²) in [4.78, 5) is 8.28. The zero-order chi connectivity index (χ0) is 11.5. The lowest BCUT2D eigenvalue weighted by Gasteiger charge is -2.00. The molecule has 0 amide bonds. The Morgan fingerprint density at radius 1 is 0.882 bits per heavy atom. The molecule has 0 aliphatic rings. The van der Waals surface area contributed by atoms with Crippen LogP contribution in [0.25, 0.3) is 16.3 Å². The molecule has 17 heavy (non-hydrogen) atoms. The van der Waals surface area contributed by atoms with Gasteiger partial charge < -0.3 is 0 Å². The lowest BCUT2D eigenvalue weighted by molar-refractivity contribution is -0.595. The molecule has 3 aromatic rings. The smallest absolute Gasteiger partial charge is 0.265 e. The Balaban J connectivity index is 1.96. The first kappa shape index (κ1) is 10.1. The predicted molar refractivity (Wildman–Crippen MR) is 66.9 cm³/mol. The highest BCUT2D eigenvalue weighted by atomic mass is 32.1. The van der Waals surface area contributed by atoms with E-state index < -0.39 is 0 Å². The van der Waals surface area contributed by atoms with Gasteiger partial charge in [-0.05, 0) is 40.4 Å². The standard InChI is InChI=1S/C13H10N3S/c1-5-14-6-2-11(1)12-3-8-16(9-4-12)13-15-7-10-17-13/h1-10H/q+1. The first-order chi connectivity index (χ1) is 8.43. The summed E-state index contributed by atoms with van der Waals surface area (Å²) in [7, 11) is 0. The highest BCUT2D eigenvalue weighted by molar-refractivity contribution is 7.11. The number of thiazole rings is 1. The van der Waals surface area contributed by atoms with Gasteiger partial charge in [0.25, 0.3) is 0 Å². The van der Waals surface area contributed by atoms with E-state index in [1.807, 2.05) is 40.7 Å². The molecule has 3 rings (SSSR count). The predicted octanol–water partition coefficient (Wildman–Crippen LogP) is 2.48. The molecule has 0 saturated carbocycles. The average Bonchev–Trinajstić information content (AvgIpc) is 2.94. The molecule has 0 spiro atoms. The van der Waals surface area contributed by atoms with E-state index in [1.54, 1.807) is 23.7 Å². The van der Waals surface area contributed by atoms with Crippen molar-refractivity contribution in [3.8, 4) is 16.3 Å². The van der Waals surface area contributed by atoms with Crippen molar-refractivity contribution >= 4 is 11.3 Å². The highest BCUT2D eigenvalue weighted by Crippen LogP contribution is 2.16. The first-order valence-corrected chi connectivity index (χ1v) is 6.13. The lowest BCUT2D eigenvalue weighted by atomic mass is 10.1. The minimum Gasteiger partial charge on any atom is -0.265 e. The van der Waals surface area contributed by atoms with Crippen LogP contribution in [-0.2, 0) is 0 Å². The van der Waals surface area contributed by atoms with E-state index in [4.69, 9.17) is 0 Å². The number of hydrogen-bond acceptors (Lipinski definition) is 3. The molecular formula is C13H10N3S+. The van der Waals surface area contributed by atoms with Crippen molar-refractivity contribution < 1.29 is 4.57 Å². The van der Waals surface area contributed by atoms with Gasteiger partial charge in [0.2, 0.25) is 0 Å². The van der Waals surface area contributed by atoms with E-state index in [1.165, 1.54) is 11.1 Å². The Hall–Kier alpha value is -2.07. The number of aromatic nitrogens is 3. The van der Waals surface area contributed by atoms with Gasteiger partial charge in [-0.3, -0.25) is 4.98 Å². The molecule has 0 aromatic carbocycles. The van der Waals surface area contributed by atoms with Gasteiger partial charge in [-0.2, -0.15) is 4.57 Å². The van der Waals surface area contributed by atoms with Gasteiger partial charge in [0.1, 0.15) is 0 Å². The zero-order valence-corrected chi connectivity index (χ0v) is 9.84. The highest BCUT2D eigenvalue weighted by Gasteiger charge is 2.07. The Labute approximate surface area is 103 Å². The molecule has 3 heterocycles. The molecule has 0 atom stereocenters. The van der Waals surface area contributed by atoms with Crippen LogP contribution >= 0.6 is 11.3 Å². The van der Waals surface area contributed by atoms with E-state index in [2.05, 4.69) is 22.1 Å². The Kier molecular flexibility index (Phi) is 2.63. The van der Waals surface area contributed by atoms with Gasteiger partial charge in [-0.15, -0.1) is 0 Å². The van der Waals surface area contributed by atoms with Crippen molar-refractivity contribution in [1.82, 2.24) is 9.97 Å². The molecule has 3 aromatic heterocycles. The van der Waals surface area contributed by atoms with Crippen LogP contribution in [0.3, 0.4) is 0 Å². The summed E-state index contributed by atoms with van der Waals surface area (Å²) in [6.45, 7) is 0. The second-order valence-corrected chi connectivity index (χ2v) is 4.42. The van der Waals surface area contributed by atoms with E-state index in [-0.39, 0.29) is 0 Å². The van der Waals surface area contributed by atoms with Crippen molar-refractivity contribution in [3.63, 3.8) is 0 Å². The number of rotatable bonds is 2. The Morgan fingerprint density at radius 3 is 2.24 bits per heavy atom. The van der Waals surface area contributed by atoms with Gasteiger partial charge >= 0.3 is 5.13 Å². The third-order valence-electron chi connectivity index (χ3n) is 2.48. The maximum atomic E-state index is 4.26. The van der Waals surface area contributed by atoms with E-state index in [0.717, 1.165) is 5.13 Å². The SMILES string of the molecule is c1cc(-c2cc[n+](-c3nccs3)cc2)ccn1. The normalized spacial score (nSPS) is 10.4. The van der Waals surface area contributed by atoms with Crippen LogP contribution in [0, 0.1) is 0 Å². The van der Waals surface area contributed by atoms with Crippen molar-refractivity contribution in [2.45, 2.75) is 0 Å². The monoisotopic (exact) mass is 240 g/mol. The summed E-state index contributed by atoms with van der Waals surface area (Å²) < 4.78 is 2.01. The van der Waals surface area contributed by atoms with E-state index in [0.29, 0.717) is 0 Å². The van der Waals surface area contributed by atoms with Crippen LogP contribution in [-0.4, -0.2) is 9.97 Å². The van der Waals surface area contributed by atoms with Gasteiger partial charge in [-0.25, -0.2) is 0 Å². The first-order valence-electron chi connectivity index (χ1n) is 5.25. The van der Waals surface area contributed by atoms with Crippen LogP contribution in [0.5, 0.6) is 0 Å². The fourth-order valence-electron chi connectivity index (χ4n) is 1.63. The second-order valence-electron chi connectivity index (χ2n) is 3.54. The Bertz CT molecular complexity index is 588. The molecule has 0 bridgehead atoms. The average molecular weight is 240 g/mol. The molecule has 0 fully saturated rings. The van der Waals surface area contributed by atoms with Crippen molar-refractivity contribution in [2.75, 3.05) is 0 Å². The molecule has 0 unspecified atom stereocenters. The number of hydrogen-bond donors (Lipinski definition) is 0. The molecule has 0 aliphatic heterocycles. The van der Waals surface area contributed by atoms with Crippen LogP contribution in [0.1, 0.15) is 0 Å². The summed E-state index contributed by atoms with van der Waals surface area (Å²) >= 11 is 1.62. The molecule has 3 nitrogen and oxygen atoms in total. The van der Waals surface area contributed by atoms with Gasteiger partial charge in [0.15, 0.2) is 6.20 Å². The maximum absolute atomic E-state index is 4.26. The van der Waals surface area contributed by atoms with E-state index >= 15 is 0 Å². The zero-order valence-electron chi connectivity index (χ0n) is 9.02. The van der Waals surface area contributed by atoms with Gasteiger partial charge in [-0.1, -0.05) is 11.3 Å². The third kappa shape index (κ3) is 2.07. The van der Waals surface area contributed by atoms with Gasteiger partial charge in [0, 0.05) is 17.8 Å². The number of nitrogens with zero attached hydrogens (tertiary/aromatic N) is 3. The molecule has 0 N–H and O–H groups in total. The summed E-state index contributed by atoms with van der Waals surface area (Å²) in [5, 5.41) is 2.95. The summed E-state index contributed by atoms with van der Waals surface area (Å²) in [5.74, 6) is 0. The fraction of sp³-hybridized carbons (Fsp3) is 0. The minimum absolute atomic E-state index is 0.978. The van der Waals surface area contributed by atoms with Gasteiger partial charge in [0.05, 0.1) is 12.4 Å². The van der Waals surface area contributed by atoms with Crippen LogP contribution in [0.2, 0.25) is 0 Å². The minimum atomic E-state index is 0.978. The lowest BCUT2D eigenvalue weighted by Crippen LogP contribution is -2.28. The van der Waals surface area contributed by atoms with Crippen LogP contribution in [0.15, 0.2) is 60.6 Å². The second kappa shape index (κ2) is 4.43. The molecular weight excluding hydrogens is 230 g/mol. The Morgan fingerprint density at radius 2 is 1.59 bits per heavy atom. The van der Waals surface area contributed by atoms with E-state index in [9.17, 15) is 0 Å². The summed E-state index contributed by atoms with van der Waals surface area (Å²) in [6, 6.07) is 8.17. The number of pyridine rings is 2. The largest absolute Gasteiger partial charge is 0.386 e. The third-order valence-corrected chi connectivity index (χ3v) is 3.27. The molecule has 4 heteroatoms. The molecule has 0 aliphatic carbocycles. The van der Waals surface area contributed by atoms with Crippen LogP contribution in [0.4, 0.5) is 0 Å². The topological polar surface area (TPSA) is 29.7 Å². The molecule has 0 saturated heterocycles. The summed E-state index contributed by atoms with van der Waals surface area (Å²) in [6.07, 6.45) is 9.46. The fourth-order valence-corrected chi connectivity index (χ4v) is 2.24. The molecule has 82 valence electrons. The quantitative estimate of drug-likeness (QED) is 0.644. The van der Waals surface area contributed by atoms with Crippen molar-refractivity contribution in [2.24, 2.45) is 0 Å². The van der Waals surface area contributed by atoms with Crippen LogP contribution < -0.4 is 4.57 Å². The van der Waals surface area contributed by atoms with Crippen molar-refractivity contribution in [3.05, 3.63) is 60.6 Å². The maximum Gasteiger partial charge on any atom is 0.386 e. The summed E-state index contributed by atoms with van der Waals surface area (Å²) in [5.41, 5.74) is 2.35. The molecule has 0 radical (unpaired) electrons. The van der Waals surface area contributed by atoms with Crippen molar-refractivity contribution in [1.29, 1.82) is 0 Å².